The largest absolute Gasteiger partial charge is 0.309 e. The molecule has 0 aliphatic heterocycles. The zero-order valence-corrected chi connectivity index (χ0v) is 37.1. The summed E-state index contributed by atoms with van der Waals surface area (Å²) in [6, 6.07) is 79.5. The van der Waals surface area contributed by atoms with Gasteiger partial charge in [0.1, 0.15) is 0 Å². The van der Waals surface area contributed by atoms with Crippen molar-refractivity contribution < 1.29 is 0 Å². The highest BCUT2D eigenvalue weighted by atomic mass is 15.0. The molecule has 0 fully saturated rings. The van der Waals surface area contributed by atoms with Gasteiger partial charge in [-0.1, -0.05) is 172 Å². The van der Waals surface area contributed by atoms with Gasteiger partial charge in [0.2, 0.25) is 0 Å². The molecule has 14 rings (SSSR count). The third-order valence-corrected chi connectivity index (χ3v) is 14.5. The van der Waals surface area contributed by atoms with E-state index in [4.69, 9.17) is 9.97 Å². The summed E-state index contributed by atoms with van der Waals surface area (Å²) >= 11 is 0. The van der Waals surface area contributed by atoms with Gasteiger partial charge in [-0.2, -0.15) is 0 Å². The monoisotopic (exact) mass is 854 g/mol. The summed E-state index contributed by atoms with van der Waals surface area (Å²) in [5.74, 6) is 0.727. The molecule has 1 aliphatic rings. The molecule has 0 spiro atoms. The number of fused-ring (bicyclic) bond motifs is 12. The molecule has 0 saturated heterocycles. The van der Waals surface area contributed by atoms with E-state index in [-0.39, 0.29) is 5.41 Å². The van der Waals surface area contributed by atoms with E-state index in [0.717, 1.165) is 61.2 Å². The minimum Gasteiger partial charge on any atom is -0.309 e. The van der Waals surface area contributed by atoms with Crippen LogP contribution in [-0.4, -0.2) is 19.1 Å². The Morgan fingerprint density at radius 1 is 0.358 bits per heavy atom. The topological polar surface area (TPSA) is 35.6 Å². The van der Waals surface area contributed by atoms with Crippen LogP contribution in [-0.2, 0) is 5.41 Å². The zero-order chi connectivity index (χ0) is 44.4. The minimum absolute atomic E-state index is 0.0744. The molecule has 0 radical (unpaired) electrons. The molecule has 4 heteroatoms. The van der Waals surface area contributed by atoms with Gasteiger partial charge in [0.05, 0.1) is 33.3 Å². The van der Waals surface area contributed by atoms with Crippen LogP contribution in [0.1, 0.15) is 25.0 Å². The Morgan fingerprint density at radius 3 is 1.81 bits per heavy atom. The highest BCUT2D eigenvalue weighted by Gasteiger charge is 2.35. The Morgan fingerprint density at radius 2 is 0.955 bits per heavy atom. The van der Waals surface area contributed by atoms with Crippen molar-refractivity contribution in [2.24, 2.45) is 0 Å². The van der Waals surface area contributed by atoms with Crippen molar-refractivity contribution >= 4 is 65.3 Å². The quantitative estimate of drug-likeness (QED) is 0.162. The molecule has 3 aromatic heterocycles. The second-order valence-corrected chi connectivity index (χ2v) is 18.5. The van der Waals surface area contributed by atoms with Gasteiger partial charge in [0.15, 0.2) is 5.82 Å². The number of aromatic nitrogens is 4. The highest BCUT2D eigenvalue weighted by Crippen LogP contribution is 2.50. The fraction of sp³-hybridized carbons (Fsp3) is 0.0476. The van der Waals surface area contributed by atoms with Gasteiger partial charge in [0.25, 0.3) is 0 Å². The van der Waals surface area contributed by atoms with Crippen molar-refractivity contribution in [1.29, 1.82) is 0 Å². The maximum atomic E-state index is 5.44. The van der Waals surface area contributed by atoms with E-state index in [1.54, 1.807) is 0 Å². The molecule has 0 saturated carbocycles. The first-order chi connectivity index (χ1) is 33.0. The molecule has 314 valence electrons. The predicted octanol–water partition coefficient (Wildman–Crippen LogP) is 16.3. The lowest BCUT2D eigenvalue weighted by molar-refractivity contribution is 0.660. The number of benzene rings is 10. The van der Waals surface area contributed by atoms with E-state index in [0.29, 0.717) is 0 Å². The SMILES string of the molecule is CC1(C)c2ccccc2-c2cc(-c3nc(-c4ccc(-n5c6ccccc6c6c(-c7ccc8c9ccccc9n(-c9ccccc9)c8c7)cccc65)cc4)c4ccc5ccccc5c4n3)ccc21. The van der Waals surface area contributed by atoms with E-state index in [2.05, 4.69) is 241 Å². The Balaban J connectivity index is 0.923. The standard InChI is InChI=1S/C63H42N4/c1-63(2)53-23-11-8-19-47(53)52-37-42(31-36-54(52)63)62-64-60(51-35-29-39-15-6-7-18-46(39)61(51)65-62)40-27-32-44(33-28-40)66-56-25-13-10-21-50(56)59-45(22-14-26-57(59)66)41-30-34-49-48-20-9-12-24-55(48)67(58(49)38-41)43-16-4-3-5-17-43/h3-38H,1-2H3. The van der Waals surface area contributed by atoms with Crippen molar-refractivity contribution in [3.63, 3.8) is 0 Å². The summed E-state index contributed by atoms with van der Waals surface area (Å²) in [6.45, 7) is 4.64. The maximum Gasteiger partial charge on any atom is 0.160 e. The Kier molecular flexibility index (Phi) is 8.00. The van der Waals surface area contributed by atoms with Crippen molar-refractivity contribution in [2.75, 3.05) is 0 Å². The number of para-hydroxylation sites is 3. The van der Waals surface area contributed by atoms with Gasteiger partial charge in [-0.3, -0.25) is 0 Å². The van der Waals surface area contributed by atoms with E-state index < -0.39 is 0 Å². The van der Waals surface area contributed by atoms with Gasteiger partial charge >= 0.3 is 0 Å². The van der Waals surface area contributed by atoms with Gasteiger partial charge < -0.3 is 9.13 Å². The molecular formula is C63H42N4. The molecule has 0 atom stereocenters. The number of hydrogen-bond donors (Lipinski definition) is 0. The third kappa shape index (κ3) is 5.54. The smallest absolute Gasteiger partial charge is 0.160 e. The van der Waals surface area contributed by atoms with Crippen molar-refractivity contribution in [2.45, 2.75) is 19.3 Å². The molecule has 0 amide bonds. The van der Waals surface area contributed by atoms with E-state index in [1.165, 1.54) is 71.5 Å². The molecule has 1 aliphatic carbocycles. The minimum atomic E-state index is -0.0744. The van der Waals surface area contributed by atoms with E-state index >= 15 is 0 Å². The summed E-state index contributed by atoms with van der Waals surface area (Å²) in [5.41, 5.74) is 18.5. The lowest BCUT2D eigenvalue weighted by Crippen LogP contribution is -2.14. The Labute approximate surface area is 387 Å². The molecule has 3 heterocycles. The first-order valence-electron chi connectivity index (χ1n) is 23.2. The average molecular weight is 855 g/mol. The maximum absolute atomic E-state index is 5.44. The van der Waals surface area contributed by atoms with Crippen LogP contribution in [0.4, 0.5) is 0 Å². The molecule has 0 unspecified atom stereocenters. The van der Waals surface area contributed by atoms with E-state index in [1.807, 2.05) is 0 Å². The highest BCUT2D eigenvalue weighted by molar-refractivity contribution is 6.17. The van der Waals surface area contributed by atoms with E-state index in [9.17, 15) is 0 Å². The van der Waals surface area contributed by atoms with Crippen LogP contribution < -0.4 is 0 Å². The van der Waals surface area contributed by atoms with Crippen LogP contribution in [0.3, 0.4) is 0 Å². The number of rotatable bonds is 5. The van der Waals surface area contributed by atoms with Crippen LogP contribution in [0, 0.1) is 0 Å². The molecule has 10 aromatic carbocycles. The molecular weight excluding hydrogens is 813 g/mol. The fourth-order valence-corrected chi connectivity index (χ4v) is 11.4. The number of hydrogen-bond acceptors (Lipinski definition) is 2. The van der Waals surface area contributed by atoms with Gasteiger partial charge in [-0.15, -0.1) is 0 Å². The van der Waals surface area contributed by atoms with Crippen molar-refractivity contribution in [1.82, 2.24) is 19.1 Å². The Bertz CT molecular complexity index is 4170. The van der Waals surface area contributed by atoms with Crippen molar-refractivity contribution in [3.05, 3.63) is 230 Å². The predicted molar refractivity (Wildman–Crippen MR) is 280 cm³/mol. The summed E-state index contributed by atoms with van der Waals surface area (Å²) in [5, 5.41) is 8.28. The van der Waals surface area contributed by atoms with Gasteiger partial charge in [-0.05, 0) is 99.4 Å². The van der Waals surface area contributed by atoms with Crippen LogP contribution in [0.2, 0.25) is 0 Å². The molecule has 0 N–H and O–H groups in total. The zero-order valence-electron chi connectivity index (χ0n) is 37.1. The average Bonchev–Trinajstić information content (AvgIpc) is 3.99. The molecule has 13 aromatic rings. The summed E-state index contributed by atoms with van der Waals surface area (Å²) < 4.78 is 4.81. The first kappa shape index (κ1) is 37.7. The second-order valence-electron chi connectivity index (χ2n) is 18.5. The lowest BCUT2D eigenvalue weighted by atomic mass is 9.82. The van der Waals surface area contributed by atoms with Gasteiger partial charge in [0, 0.05) is 60.2 Å². The molecule has 0 bridgehead atoms. The van der Waals surface area contributed by atoms with Crippen LogP contribution in [0.25, 0.3) is 122 Å². The Hall–Kier alpha value is -8.60. The van der Waals surface area contributed by atoms with Crippen molar-refractivity contribution in [3.8, 4) is 56.3 Å². The third-order valence-electron chi connectivity index (χ3n) is 14.5. The second kappa shape index (κ2) is 14.2. The summed E-state index contributed by atoms with van der Waals surface area (Å²) in [7, 11) is 0. The first-order valence-corrected chi connectivity index (χ1v) is 23.2. The number of nitrogens with zero attached hydrogens (tertiary/aromatic N) is 4. The van der Waals surface area contributed by atoms with Crippen LogP contribution >= 0.6 is 0 Å². The lowest BCUT2D eigenvalue weighted by Gasteiger charge is -2.21. The van der Waals surface area contributed by atoms with Crippen LogP contribution in [0.15, 0.2) is 218 Å². The van der Waals surface area contributed by atoms with Gasteiger partial charge in [-0.25, -0.2) is 9.97 Å². The summed E-state index contributed by atoms with van der Waals surface area (Å²) in [4.78, 5) is 10.8. The van der Waals surface area contributed by atoms with Crippen LogP contribution in [0.5, 0.6) is 0 Å². The molecule has 4 nitrogen and oxygen atoms in total. The summed E-state index contributed by atoms with van der Waals surface area (Å²) in [6.07, 6.45) is 0. The normalized spacial score (nSPS) is 13.0. The molecule has 67 heavy (non-hydrogen) atoms. The fourth-order valence-electron chi connectivity index (χ4n) is 11.4.